The first-order chi connectivity index (χ1) is 13.8. The van der Waals surface area contributed by atoms with Gasteiger partial charge in [-0.15, -0.1) is 0 Å². The van der Waals surface area contributed by atoms with E-state index in [4.69, 9.17) is 16.0 Å². The zero-order chi connectivity index (χ0) is 20.6. The number of nitrogens with zero attached hydrogens (tertiary/aromatic N) is 2. The molecule has 150 valence electrons. The molecule has 29 heavy (non-hydrogen) atoms. The molecule has 2 aromatic carbocycles. The molecule has 1 aliphatic rings. The molecule has 1 amide bonds. The molecule has 1 aromatic heterocycles. The van der Waals surface area contributed by atoms with Gasteiger partial charge >= 0.3 is 0 Å². The number of carbonyl (C=O) groups is 1. The molecular formula is C21H19ClN2O4S. The first-order valence-corrected chi connectivity index (χ1v) is 11.3. The van der Waals surface area contributed by atoms with Crippen molar-refractivity contribution in [3.8, 4) is 11.5 Å². The van der Waals surface area contributed by atoms with Gasteiger partial charge in [-0.3, -0.25) is 4.79 Å². The van der Waals surface area contributed by atoms with Crippen molar-refractivity contribution in [2.75, 3.05) is 17.2 Å². The van der Waals surface area contributed by atoms with Crippen molar-refractivity contribution < 1.29 is 17.6 Å². The zero-order valence-electron chi connectivity index (χ0n) is 15.8. The van der Waals surface area contributed by atoms with Gasteiger partial charge in [-0.2, -0.15) is 0 Å². The Morgan fingerprint density at radius 1 is 1.17 bits per heavy atom. The lowest BCUT2D eigenvalue weighted by Gasteiger charge is -2.17. The van der Waals surface area contributed by atoms with Gasteiger partial charge in [0.2, 0.25) is 11.8 Å². The van der Waals surface area contributed by atoms with Crippen LogP contribution >= 0.6 is 11.6 Å². The molecule has 0 saturated carbocycles. The number of para-hydroxylation sites is 1. The highest BCUT2D eigenvalue weighted by atomic mass is 35.5. The SMILES string of the molecule is Cc1oc(-c2ccccc2Cl)nc1CS(=O)(=O)CC(=O)N1CCc2ccccc21. The first kappa shape index (κ1) is 19.7. The van der Waals surface area contributed by atoms with Crippen LogP contribution in [0.15, 0.2) is 52.9 Å². The minimum atomic E-state index is -3.72. The molecule has 2 heterocycles. The van der Waals surface area contributed by atoms with E-state index in [0.29, 0.717) is 22.9 Å². The van der Waals surface area contributed by atoms with Crippen LogP contribution in [-0.2, 0) is 26.8 Å². The zero-order valence-corrected chi connectivity index (χ0v) is 17.3. The summed E-state index contributed by atoms with van der Waals surface area (Å²) in [4.78, 5) is 18.5. The van der Waals surface area contributed by atoms with Crippen LogP contribution in [0.1, 0.15) is 17.0 Å². The Balaban J connectivity index is 1.51. The fourth-order valence-corrected chi connectivity index (χ4v) is 4.97. The topological polar surface area (TPSA) is 80.5 Å². The summed E-state index contributed by atoms with van der Waals surface area (Å²) in [7, 11) is -3.72. The molecule has 0 unspecified atom stereocenters. The summed E-state index contributed by atoms with van der Waals surface area (Å²) in [5.74, 6) is -0.716. The van der Waals surface area contributed by atoms with Crippen LogP contribution in [0.3, 0.4) is 0 Å². The van der Waals surface area contributed by atoms with E-state index >= 15 is 0 Å². The maximum Gasteiger partial charge on any atom is 0.242 e. The highest BCUT2D eigenvalue weighted by molar-refractivity contribution is 7.91. The predicted molar refractivity (Wildman–Crippen MR) is 112 cm³/mol. The Labute approximate surface area is 174 Å². The Kier molecular flexibility index (Phi) is 5.19. The van der Waals surface area contributed by atoms with E-state index in [9.17, 15) is 13.2 Å². The molecule has 4 rings (SSSR count). The number of sulfone groups is 1. The highest BCUT2D eigenvalue weighted by Gasteiger charge is 2.29. The minimum absolute atomic E-state index is 0.262. The monoisotopic (exact) mass is 430 g/mol. The smallest absolute Gasteiger partial charge is 0.242 e. The lowest BCUT2D eigenvalue weighted by Crippen LogP contribution is -2.34. The summed E-state index contributed by atoms with van der Waals surface area (Å²) < 4.78 is 31.0. The number of hydrogen-bond acceptors (Lipinski definition) is 5. The molecule has 0 fully saturated rings. The van der Waals surface area contributed by atoms with Crippen molar-refractivity contribution in [1.29, 1.82) is 0 Å². The molecule has 8 heteroatoms. The maximum atomic E-state index is 12.7. The van der Waals surface area contributed by atoms with Crippen molar-refractivity contribution in [2.24, 2.45) is 0 Å². The molecule has 0 bridgehead atoms. The van der Waals surface area contributed by atoms with E-state index < -0.39 is 21.5 Å². The first-order valence-electron chi connectivity index (χ1n) is 9.14. The number of carbonyl (C=O) groups excluding carboxylic acids is 1. The largest absolute Gasteiger partial charge is 0.441 e. The molecule has 0 atom stereocenters. The summed E-state index contributed by atoms with van der Waals surface area (Å²) in [6.45, 7) is 2.14. The molecule has 6 nitrogen and oxygen atoms in total. The van der Waals surface area contributed by atoms with Crippen molar-refractivity contribution in [3.63, 3.8) is 0 Å². The summed E-state index contributed by atoms with van der Waals surface area (Å²) in [6.07, 6.45) is 0.728. The molecule has 0 spiro atoms. The van der Waals surface area contributed by atoms with Gasteiger partial charge in [0, 0.05) is 12.2 Å². The third kappa shape index (κ3) is 4.06. The number of oxazole rings is 1. The standard InChI is InChI=1S/C21H19ClN2O4S/c1-14-18(23-21(28-14)16-7-3-4-8-17(16)22)12-29(26,27)13-20(25)24-11-10-15-6-2-5-9-19(15)24/h2-9H,10-13H2,1H3. The Morgan fingerprint density at radius 2 is 1.90 bits per heavy atom. The molecule has 1 aliphatic heterocycles. The average molecular weight is 431 g/mol. The second-order valence-electron chi connectivity index (χ2n) is 6.96. The summed E-state index contributed by atoms with van der Waals surface area (Å²) >= 11 is 6.17. The van der Waals surface area contributed by atoms with E-state index in [1.54, 1.807) is 31.2 Å². The quantitative estimate of drug-likeness (QED) is 0.614. The fourth-order valence-electron chi connectivity index (χ4n) is 3.43. The summed E-state index contributed by atoms with van der Waals surface area (Å²) in [5, 5.41) is 0.464. The number of benzene rings is 2. The van der Waals surface area contributed by atoms with Gasteiger partial charge in [0.25, 0.3) is 0 Å². The minimum Gasteiger partial charge on any atom is -0.441 e. The summed E-state index contributed by atoms with van der Waals surface area (Å²) in [5.41, 5.74) is 2.71. The van der Waals surface area contributed by atoms with E-state index in [-0.39, 0.29) is 17.3 Å². The lowest BCUT2D eigenvalue weighted by molar-refractivity contribution is -0.116. The van der Waals surface area contributed by atoms with Crippen molar-refractivity contribution in [1.82, 2.24) is 4.98 Å². The van der Waals surface area contributed by atoms with Crippen LogP contribution in [0.2, 0.25) is 5.02 Å². The van der Waals surface area contributed by atoms with Crippen LogP contribution in [0.25, 0.3) is 11.5 Å². The van der Waals surface area contributed by atoms with Crippen LogP contribution in [0.4, 0.5) is 5.69 Å². The lowest BCUT2D eigenvalue weighted by atomic mass is 10.2. The van der Waals surface area contributed by atoms with Crippen LogP contribution in [0.5, 0.6) is 0 Å². The fraction of sp³-hybridized carbons (Fsp3) is 0.238. The summed E-state index contributed by atoms with van der Waals surface area (Å²) in [6, 6.07) is 14.6. The van der Waals surface area contributed by atoms with Crippen molar-refractivity contribution in [3.05, 3.63) is 70.6 Å². The Bertz CT molecular complexity index is 1190. The van der Waals surface area contributed by atoms with Crippen molar-refractivity contribution in [2.45, 2.75) is 19.1 Å². The van der Waals surface area contributed by atoms with Crippen LogP contribution < -0.4 is 4.90 Å². The second kappa shape index (κ2) is 7.65. The van der Waals surface area contributed by atoms with Gasteiger partial charge in [0.05, 0.1) is 22.0 Å². The highest BCUT2D eigenvalue weighted by Crippen LogP contribution is 2.30. The predicted octanol–water partition coefficient (Wildman–Crippen LogP) is 3.81. The van der Waals surface area contributed by atoms with Gasteiger partial charge in [0.15, 0.2) is 9.84 Å². The number of amides is 1. The number of anilines is 1. The van der Waals surface area contributed by atoms with Gasteiger partial charge < -0.3 is 9.32 Å². The molecule has 0 aliphatic carbocycles. The number of aryl methyl sites for hydroxylation is 1. The second-order valence-corrected chi connectivity index (χ2v) is 9.43. The van der Waals surface area contributed by atoms with E-state index in [1.807, 2.05) is 24.3 Å². The van der Waals surface area contributed by atoms with E-state index in [0.717, 1.165) is 17.7 Å². The maximum absolute atomic E-state index is 12.7. The van der Waals surface area contributed by atoms with Gasteiger partial charge in [-0.25, -0.2) is 13.4 Å². The molecule has 0 radical (unpaired) electrons. The number of hydrogen-bond donors (Lipinski definition) is 0. The van der Waals surface area contributed by atoms with E-state index in [2.05, 4.69) is 4.98 Å². The number of halogens is 1. The molecule has 0 N–H and O–H groups in total. The van der Waals surface area contributed by atoms with Crippen LogP contribution in [0, 0.1) is 6.92 Å². The number of fused-ring (bicyclic) bond motifs is 1. The number of aromatic nitrogens is 1. The Hall–Kier alpha value is -2.64. The van der Waals surface area contributed by atoms with Crippen LogP contribution in [-0.4, -0.2) is 31.6 Å². The molecular weight excluding hydrogens is 412 g/mol. The van der Waals surface area contributed by atoms with Gasteiger partial charge in [-0.05, 0) is 37.1 Å². The van der Waals surface area contributed by atoms with Gasteiger partial charge in [0.1, 0.15) is 11.5 Å². The van der Waals surface area contributed by atoms with E-state index in [1.165, 1.54) is 4.90 Å². The third-order valence-electron chi connectivity index (χ3n) is 4.89. The Morgan fingerprint density at radius 3 is 2.69 bits per heavy atom. The number of rotatable bonds is 5. The molecule has 3 aromatic rings. The third-order valence-corrected chi connectivity index (χ3v) is 6.61. The van der Waals surface area contributed by atoms with Gasteiger partial charge in [-0.1, -0.05) is 41.9 Å². The van der Waals surface area contributed by atoms with Crippen molar-refractivity contribution >= 4 is 33.0 Å². The normalized spacial score (nSPS) is 13.5. The average Bonchev–Trinajstić information content (AvgIpc) is 3.25. The molecule has 0 saturated heterocycles.